The van der Waals surface area contributed by atoms with E-state index in [2.05, 4.69) is 41.5 Å². The van der Waals surface area contributed by atoms with Gasteiger partial charge in [-0.15, -0.1) is 5.10 Å². The molecular formula is C20H26N6O2. The number of hydrogen-bond acceptors (Lipinski definition) is 5. The van der Waals surface area contributed by atoms with E-state index in [0.717, 1.165) is 6.42 Å². The summed E-state index contributed by atoms with van der Waals surface area (Å²) in [6.07, 6.45) is 3.56. The Morgan fingerprint density at radius 3 is 2.54 bits per heavy atom. The van der Waals surface area contributed by atoms with Crippen molar-refractivity contribution in [1.29, 1.82) is 0 Å². The van der Waals surface area contributed by atoms with Crippen LogP contribution >= 0.6 is 0 Å². The Balaban J connectivity index is 1.53. The molecule has 0 aliphatic carbocycles. The molecule has 0 bridgehead atoms. The molecule has 28 heavy (non-hydrogen) atoms. The molecule has 8 heteroatoms. The lowest BCUT2D eigenvalue weighted by molar-refractivity contribution is -0.150. The lowest BCUT2D eigenvalue weighted by atomic mass is 9.72. The molecule has 1 aromatic carbocycles. The monoisotopic (exact) mass is 382 g/mol. The predicted molar refractivity (Wildman–Crippen MR) is 102 cm³/mol. The van der Waals surface area contributed by atoms with Gasteiger partial charge in [0, 0.05) is 25.7 Å². The Kier molecular flexibility index (Phi) is 4.87. The van der Waals surface area contributed by atoms with Gasteiger partial charge >= 0.3 is 0 Å². The highest BCUT2D eigenvalue weighted by Crippen LogP contribution is 2.41. The third-order valence-electron chi connectivity index (χ3n) is 6.09. The molecule has 2 aromatic rings. The van der Waals surface area contributed by atoms with Crippen LogP contribution < -0.4 is 0 Å². The maximum atomic E-state index is 13.6. The SMILES string of the molecule is CC(C)N1Cc2ccccc2CC2(CCN(C(=O)Cn3cnnn3)CC2)C1=O. The maximum Gasteiger partial charge on any atom is 0.244 e. The van der Waals surface area contributed by atoms with Crippen LogP contribution in [0.2, 0.25) is 0 Å². The zero-order valence-electron chi connectivity index (χ0n) is 16.4. The third kappa shape index (κ3) is 3.39. The molecular weight excluding hydrogens is 356 g/mol. The summed E-state index contributed by atoms with van der Waals surface area (Å²) < 4.78 is 1.43. The van der Waals surface area contributed by atoms with Crippen LogP contribution in [0.5, 0.6) is 0 Å². The highest BCUT2D eigenvalue weighted by Gasteiger charge is 2.46. The van der Waals surface area contributed by atoms with Gasteiger partial charge in [-0.3, -0.25) is 9.59 Å². The van der Waals surface area contributed by atoms with Gasteiger partial charge < -0.3 is 9.80 Å². The average molecular weight is 382 g/mol. The second kappa shape index (κ2) is 7.33. The van der Waals surface area contributed by atoms with Crippen LogP contribution in [0.25, 0.3) is 0 Å². The number of carbonyl (C=O) groups excluding carboxylic acids is 2. The van der Waals surface area contributed by atoms with Crippen molar-refractivity contribution >= 4 is 11.8 Å². The molecule has 2 amide bonds. The van der Waals surface area contributed by atoms with Gasteiger partial charge in [0.05, 0.1) is 5.41 Å². The van der Waals surface area contributed by atoms with E-state index >= 15 is 0 Å². The molecule has 0 saturated carbocycles. The summed E-state index contributed by atoms with van der Waals surface area (Å²) in [5.41, 5.74) is 2.06. The van der Waals surface area contributed by atoms with Crippen molar-refractivity contribution in [2.24, 2.45) is 5.41 Å². The minimum absolute atomic E-state index is 0.00987. The maximum absolute atomic E-state index is 13.6. The predicted octanol–water partition coefficient (Wildman–Crippen LogP) is 1.28. The minimum atomic E-state index is -0.428. The third-order valence-corrected chi connectivity index (χ3v) is 6.09. The van der Waals surface area contributed by atoms with Crippen molar-refractivity contribution in [1.82, 2.24) is 30.0 Å². The first kappa shape index (κ1) is 18.6. The fourth-order valence-electron chi connectivity index (χ4n) is 4.37. The Morgan fingerprint density at radius 1 is 1.18 bits per heavy atom. The zero-order valence-corrected chi connectivity index (χ0v) is 16.4. The van der Waals surface area contributed by atoms with Gasteiger partial charge in [0.1, 0.15) is 12.9 Å². The Morgan fingerprint density at radius 2 is 1.89 bits per heavy atom. The highest BCUT2D eigenvalue weighted by molar-refractivity contribution is 5.85. The number of benzene rings is 1. The molecule has 3 heterocycles. The van der Waals surface area contributed by atoms with Gasteiger partial charge in [0.25, 0.3) is 0 Å². The number of hydrogen-bond donors (Lipinski definition) is 0. The standard InChI is InChI=1S/C20H26N6O2/c1-15(2)26-12-17-6-4-3-5-16(17)11-20(19(26)28)7-9-24(10-8-20)18(27)13-25-14-21-22-23-25/h3-6,14-15H,7-13H2,1-2H3. The van der Waals surface area contributed by atoms with Crippen LogP contribution in [0.1, 0.15) is 37.8 Å². The van der Waals surface area contributed by atoms with Crippen LogP contribution in [0.15, 0.2) is 30.6 Å². The molecule has 2 aliphatic heterocycles. The summed E-state index contributed by atoms with van der Waals surface area (Å²) in [5, 5.41) is 10.9. The van der Waals surface area contributed by atoms with Gasteiger partial charge in [0.2, 0.25) is 11.8 Å². The fourth-order valence-corrected chi connectivity index (χ4v) is 4.37. The molecule has 1 fully saturated rings. The normalized spacial score (nSPS) is 19.0. The molecule has 0 N–H and O–H groups in total. The summed E-state index contributed by atoms with van der Waals surface area (Å²) in [5.74, 6) is 0.218. The highest BCUT2D eigenvalue weighted by atomic mass is 16.2. The van der Waals surface area contributed by atoms with E-state index in [1.165, 1.54) is 22.1 Å². The lowest BCUT2D eigenvalue weighted by Crippen LogP contribution is -2.52. The number of carbonyl (C=O) groups is 2. The van der Waals surface area contributed by atoms with Gasteiger partial charge in [-0.25, -0.2) is 4.68 Å². The number of likely N-dealkylation sites (tertiary alicyclic amines) is 1. The zero-order chi connectivity index (χ0) is 19.7. The van der Waals surface area contributed by atoms with Gasteiger partial charge in [0.15, 0.2) is 0 Å². The molecule has 0 radical (unpaired) electrons. The molecule has 8 nitrogen and oxygen atoms in total. The molecule has 1 aromatic heterocycles. The molecule has 148 valence electrons. The largest absolute Gasteiger partial charge is 0.341 e. The van der Waals surface area contributed by atoms with Crippen LogP contribution in [-0.4, -0.2) is 61.0 Å². The van der Waals surface area contributed by atoms with Gasteiger partial charge in [-0.05, 0) is 54.7 Å². The number of rotatable bonds is 3. The van der Waals surface area contributed by atoms with Crippen LogP contribution in [-0.2, 0) is 29.1 Å². The Labute approximate surface area is 164 Å². The topological polar surface area (TPSA) is 84.2 Å². The van der Waals surface area contributed by atoms with Crippen molar-refractivity contribution in [3.05, 3.63) is 41.7 Å². The van der Waals surface area contributed by atoms with E-state index in [4.69, 9.17) is 0 Å². The smallest absolute Gasteiger partial charge is 0.244 e. The Hall–Kier alpha value is -2.77. The average Bonchev–Trinajstić information content (AvgIpc) is 3.16. The van der Waals surface area contributed by atoms with E-state index < -0.39 is 5.41 Å². The molecule has 1 saturated heterocycles. The summed E-state index contributed by atoms with van der Waals surface area (Å²) in [7, 11) is 0. The summed E-state index contributed by atoms with van der Waals surface area (Å²) in [6.45, 7) is 6.11. The van der Waals surface area contributed by atoms with Gasteiger partial charge in [-0.1, -0.05) is 24.3 Å². The fraction of sp³-hybridized carbons (Fsp3) is 0.550. The second-order valence-corrected chi connectivity index (χ2v) is 8.14. The van der Waals surface area contributed by atoms with E-state index in [1.807, 2.05) is 21.9 Å². The van der Waals surface area contributed by atoms with Crippen LogP contribution in [0.3, 0.4) is 0 Å². The van der Waals surface area contributed by atoms with E-state index in [-0.39, 0.29) is 24.4 Å². The van der Waals surface area contributed by atoms with E-state index in [1.54, 1.807) is 0 Å². The van der Waals surface area contributed by atoms with Crippen LogP contribution in [0, 0.1) is 5.41 Å². The summed E-state index contributed by atoms with van der Waals surface area (Å²) >= 11 is 0. The quantitative estimate of drug-likeness (QED) is 0.798. The minimum Gasteiger partial charge on any atom is -0.341 e. The number of piperidine rings is 1. The number of amides is 2. The summed E-state index contributed by atoms with van der Waals surface area (Å²) in [6, 6.07) is 8.51. The number of fused-ring (bicyclic) bond motifs is 1. The first-order valence-electron chi connectivity index (χ1n) is 9.85. The second-order valence-electron chi connectivity index (χ2n) is 8.14. The van der Waals surface area contributed by atoms with E-state index in [9.17, 15) is 9.59 Å². The first-order chi connectivity index (χ1) is 13.5. The summed E-state index contributed by atoms with van der Waals surface area (Å²) in [4.78, 5) is 30.0. The van der Waals surface area contributed by atoms with Crippen molar-refractivity contribution in [2.45, 2.75) is 52.2 Å². The van der Waals surface area contributed by atoms with Crippen molar-refractivity contribution in [3.63, 3.8) is 0 Å². The number of aromatic nitrogens is 4. The van der Waals surface area contributed by atoms with Crippen molar-refractivity contribution in [3.8, 4) is 0 Å². The Bertz CT molecular complexity index is 855. The number of nitrogens with zero attached hydrogens (tertiary/aromatic N) is 6. The van der Waals surface area contributed by atoms with Crippen molar-refractivity contribution in [2.75, 3.05) is 13.1 Å². The molecule has 0 unspecified atom stereocenters. The van der Waals surface area contributed by atoms with E-state index in [0.29, 0.717) is 32.5 Å². The van der Waals surface area contributed by atoms with Crippen LogP contribution in [0.4, 0.5) is 0 Å². The molecule has 0 atom stereocenters. The molecule has 4 rings (SSSR count). The molecule has 2 aliphatic rings. The van der Waals surface area contributed by atoms with Crippen molar-refractivity contribution < 1.29 is 9.59 Å². The number of tetrazole rings is 1. The lowest BCUT2D eigenvalue weighted by Gasteiger charge is -2.43. The van der Waals surface area contributed by atoms with Gasteiger partial charge in [-0.2, -0.15) is 0 Å². The first-order valence-corrected chi connectivity index (χ1v) is 9.85. The molecule has 1 spiro atoms.